The van der Waals surface area contributed by atoms with E-state index in [2.05, 4.69) is 20.4 Å². The third-order valence-electron chi connectivity index (χ3n) is 2.58. The maximum atomic E-state index is 4.33. The molecule has 0 saturated carbocycles. The third kappa shape index (κ3) is 3.03. The first kappa shape index (κ1) is 11.6. The van der Waals surface area contributed by atoms with E-state index in [0.717, 1.165) is 30.3 Å². The SMILES string of the molecule is Cc1cc(NCCc2ccnn2C)nc(C)n1. The van der Waals surface area contributed by atoms with Gasteiger partial charge in [0.15, 0.2) is 0 Å². The monoisotopic (exact) mass is 231 g/mol. The molecule has 0 bridgehead atoms. The van der Waals surface area contributed by atoms with E-state index in [-0.39, 0.29) is 0 Å². The topological polar surface area (TPSA) is 55.6 Å². The molecule has 5 nitrogen and oxygen atoms in total. The molecule has 0 radical (unpaired) electrons. The second-order valence-corrected chi connectivity index (χ2v) is 4.06. The molecule has 0 aliphatic carbocycles. The van der Waals surface area contributed by atoms with Gasteiger partial charge in [0.05, 0.1) is 0 Å². The van der Waals surface area contributed by atoms with Crippen LogP contribution in [0, 0.1) is 13.8 Å². The number of hydrogen-bond donors (Lipinski definition) is 1. The van der Waals surface area contributed by atoms with E-state index in [0.29, 0.717) is 0 Å². The zero-order chi connectivity index (χ0) is 12.3. The van der Waals surface area contributed by atoms with Gasteiger partial charge in [-0.25, -0.2) is 9.97 Å². The summed E-state index contributed by atoms with van der Waals surface area (Å²) in [5.74, 6) is 1.69. The largest absolute Gasteiger partial charge is 0.370 e. The van der Waals surface area contributed by atoms with E-state index < -0.39 is 0 Å². The Hall–Kier alpha value is -1.91. The Bertz CT molecular complexity index is 483. The summed E-state index contributed by atoms with van der Waals surface area (Å²) in [6.45, 7) is 4.72. The summed E-state index contributed by atoms with van der Waals surface area (Å²) < 4.78 is 1.89. The first-order valence-electron chi connectivity index (χ1n) is 5.68. The minimum atomic E-state index is 0.799. The van der Waals surface area contributed by atoms with Crippen molar-refractivity contribution in [2.45, 2.75) is 20.3 Å². The third-order valence-corrected chi connectivity index (χ3v) is 2.58. The van der Waals surface area contributed by atoms with Crippen LogP contribution in [0.25, 0.3) is 0 Å². The summed E-state index contributed by atoms with van der Waals surface area (Å²) in [5.41, 5.74) is 2.19. The zero-order valence-electron chi connectivity index (χ0n) is 10.4. The van der Waals surface area contributed by atoms with Crippen LogP contribution in [0.4, 0.5) is 5.82 Å². The van der Waals surface area contributed by atoms with Crippen LogP contribution in [0.15, 0.2) is 18.3 Å². The van der Waals surface area contributed by atoms with Crippen LogP contribution in [0.2, 0.25) is 0 Å². The zero-order valence-corrected chi connectivity index (χ0v) is 10.4. The van der Waals surface area contributed by atoms with E-state index in [1.807, 2.05) is 43.9 Å². The fraction of sp³-hybridized carbons (Fsp3) is 0.417. The molecule has 2 aromatic heterocycles. The highest BCUT2D eigenvalue weighted by Gasteiger charge is 2.00. The second kappa shape index (κ2) is 4.95. The van der Waals surface area contributed by atoms with Crippen LogP contribution >= 0.6 is 0 Å². The molecule has 2 rings (SSSR count). The predicted octanol–water partition coefficient (Wildman–Crippen LogP) is 1.48. The molecule has 0 spiro atoms. The van der Waals surface area contributed by atoms with Crippen LogP contribution in [0.1, 0.15) is 17.2 Å². The average Bonchev–Trinajstić information content (AvgIpc) is 2.63. The smallest absolute Gasteiger partial charge is 0.129 e. The lowest BCUT2D eigenvalue weighted by atomic mass is 10.3. The summed E-state index contributed by atoms with van der Waals surface area (Å²) >= 11 is 0. The summed E-state index contributed by atoms with van der Waals surface area (Å²) in [7, 11) is 1.95. The van der Waals surface area contributed by atoms with E-state index in [1.54, 1.807) is 0 Å². The van der Waals surface area contributed by atoms with Gasteiger partial charge >= 0.3 is 0 Å². The highest BCUT2D eigenvalue weighted by molar-refractivity contribution is 5.35. The Labute approximate surface area is 101 Å². The molecule has 0 atom stereocenters. The molecule has 5 heteroatoms. The van der Waals surface area contributed by atoms with Crippen LogP contribution in [-0.4, -0.2) is 26.3 Å². The van der Waals surface area contributed by atoms with Crippen molar-refractivity contribution in [2.75, 3.05) is 11.9 Å². The van der Waals surface area contributed by atoms with Crippen LogP contribution < -0.4 is 5.32 Å². The number of rotatable bonds is 4. The van der Waals surface area contributed by atoms with E-state index in [4.69, 9.17) is 0 Å². The first-order valence-corrected chi connectivity index (χ1v) is 5.68. The van der Waals surface area contributed by atoms with Crippen LogP contribution in [0.3, 0.4) is 0 Å². The number of nitrogens with one attached hydrogen (secondary N) is 1. The Balaban J connectivity index is 1.92. The van der Waals surface area contributed by atoms with Gasteiger partial charge in [0.1, 0.15) is 11.6 Å². The van der Waals surface area contributed by atoms with E-state index in [9.17, 15) is 0 Å². The fourth-order valence-electron chi connectivity index (χ4n) is 1.77. The average molecular weight is 231 g/mol. The van der Waals surface area contributed by atoms with Crippen molar-refractivity contribution >= 4 is 5.82 Å². The van der Waals surface area contributed by atoms with Crippen molar-refractivity contribution in [3.8, 4) is 0 Å². The molecular weight excluding hydrogens is 214 g/mol. The quantitative estimate of drug-likeness (QED) is 0.866. The van der Waals surface area contributed by atoms with Gasteiger partial charge in [0.2, 0.25) is 0 Å². The molecule has 90 valence electrons. The predicted molar refractivity (Wildman–Crippen MR) is 66.9 cm³/mol. The standard InChI is InChI=1S/C12H17N5/c1-9-8-12(16-10(2)15-9)13-6-4-11-5-7-14-17(11)3/h5,7-8H,4,6H2,1-3H3,(H,13,15,16). The maximum absolute atomic E-state index is 4.33. The molecule has 0 aliphatic heterocycles. The molecule has 2 aromatic rings. The van der Waals surface area contributed by atoms with Crippen molar-refractivity contribution in [1.82, 2.24) is 19.7 Å². The molecule has 1 N–H and O–H groups in total. The Kier molecular flexibility index (Phi) is 3.37. The van der Waals surface area contributed by atoms with E-state index in [1.165, 1.54) is 5.69 Å². The number of aryl methyl sites for hydroxylation is 3. The molecule has 2 heterocycles. The molecule has 0 amide bonds. The summed E-state index contributed by atoms with van der Waals surface area (Å²) in [4.78, 5) is 8.57. The van der Waals surface area contributed by atoms with Crippen molar-refractivity contribution in [3.05, 3.63) is 35.5 Å². The molecule has 0 unspecified atom stereocenters. The van der Waals surface area contributed by atoms with Gasteiger partial charge in [-0.2, -0.15) is 5.10 Å². The van der Waals surface area contributed by atoms with Gasteiger partial charge < -0.3 is 5.32 Å². The van der Waals surface area contributed by atoms with Crippen LogP contribution in [-0.2, 0) is 13.5 Å². The minimum absolute atomic E-state index is 0.799. The van der Waals surface area contributed by atoms with Crippen molar-refractivity contribution in [1.29, 1.82) is 0 Å². The normalized spacial score (nSPS) is 10.5. The van der Waals surface area contributed by atoms with Gasteiger partial charge in [-0.15, -0.1) is 0 Å². The summed E-state index contributed by atoms with van der Waals surface area (Å²) in [6.07, 6.45) is 2.74. The maximum Gasteiger partial charge on any atom is 0.129 e. The van der Waals surface area contributed by atoms with Gasteiger partial charge in [0.25, 0.3) is 0 Å². The van der Waals surface area contributed by atoms with Crippen molar-refractivity contribution in [2.24, 2.45) is 7.05 Å². The second-order valence-electron chi connectivity index (χ2n) is 4.06. The minimum Gasteiger partial charge on any atom is -0.370 e. The van der Waals surface area contributed by atoms with Crippen molar-refractivity contribution < 1.29 is 0 Å². The molecule has 0 aromatic carbocycles. The molecular formula is C12H17N5. The highest BCUT2D eigenvalue weighted by atomic mass is 15.3. The Morgan fingerprint density at radius 3 is 2.76 bits per heavy atom. The van der Waals surface area contributed by atoms with Gasteiger partial charge in [0, 0.05) is 43.7 Å². The van der Waals surface area contributed by atoms with Gasteiger partial charge in [-0.05, 0) is 19.9 Å². The number of aromatic nitrogens is 4. The van der Waals surface area contributed by atoms with Gasteiger partial charge in [-0.1, -0.05) is 0 Å². The summed E-state index contributed by atoms with van der Waals surface area (Å²) in [6, 6.07) is 3.98. The number of nitrogens with zero attached hydrogens (tertiary/aromatic N) is 4. The lowest BCUT2D eigenvalue weighted by Crippen LogP contribution is -2.10. The van der Waals surface area contributed by atoms with Crippen LogP contribution in [0.5, 0.6) is 0 Å². The number of hydrogen-bond acceptors (Lipinski definition) is 4. The van der Waals surface area contributed by atoms with E-state index >= 15 is 0 Å². The molecule has 0 fully saturated rings. The van der Waals surface area contributed by atoms with Gasteiger partial charge in [-0.3, -0.25) is 4.68 Å². The Morgan fingerprint density at radius 2 is 2.12 bits per heavy atom. The summed E-state index contributed by atoms with van der Waals surface area (Å²) in [5, 5.41) is 7.43. The molecule has 0 saturated heterocycles. The van der Waals surface area contributed by atoms with Crippen molar-refractivity contribution in [3.63, 3.8) is 0 Å². The molecule has 0 aliphatic rings. The molecule has 17 heavy (non-hydrogen) atoms. The Morgan fingerprint density at radius 1 is 1.29 bits per heavy atom. The fourth-order valence-corrected chi connectivity index (χ4v) is 1.77. The lowest BCUT2D eigenvalue weighted by molar-refractivity contribution is 0.711. The lowest BCUT2D eigenvalue weighted by Gasteiger charge is -2.07. The first-order chi connectivity index (χ1) is 8.15. The number of anilines is 1. The highest BCUT2D eigenvalue weighted by Crippen LogP contribution is 2.06.